The van der Waals surface area contributed by atoms with Crippen molar-refractivity contribution in [3.63, 3.8) is 0 Å². The van der Waals surface area contributed by atoms with Gasteiger partial charge in [-0.1, -0.05) is 30.3 Å². The minimum Gasteiger partial charge on any atom is -0.265 e. The van der Waals surface area contributed by atoms with E-state index in [9.17, 15) is 8.42 Å². The van der Waals surface area contributed by atoms with Gasteiger partial charge in [-0.15, -0.1) is 0 Å². The molecule has 0 atom stereocenters. The number of hydrogen-bond acceptors (Lipinski definition) is 3. The van der Waals surface area contributed by atoms with Crippen LogP contribution in [0.25, 0.3) is 0 Å². The van der Waals surface area contributed by atoms with Crippen molar-refractivity contribution in [2.75, 3.05) is 7.05 Å². The Balaban J connectivity index is 2.07. The van der Waals surface area contributed by atoms with Crippen LogP contribution in [0.4, 0.5) is 0 Å². The highest BCUT2D eigenvalue weighted by atomic mass is 32.2. The van der Waals surface area contributed by atoms with Crippen LogP contribution in [-0.2, 0) is 22.3 Å². The van der Waals surface area contributed by atoms with E-state index in [0.29, 0.717) is 6.54 Å². The van der Waals surface area contributed by atoms with Gasteiger partial charge in [0.15, 0.2) is 0 Å². The first-order valence-electron chi connectivity index (χ1n) is 5.95. The molecule has 1 aromatic heterocycles. The topological polar surface area (TPSA) is 50.3 Å². The number of benzene rings is 1. The highest BCUT2D eigenvalue weighted by molar-refractivity contribution is 7.88. The summed E-state index contributed by atoms with van der Waals surface area (Å²) in [5, 5.41) is 0. The molecule has 0 N–H and O–H groups in total. The van der Waals surface area contributed by atoms with Crippen LogP contribution in [0, 0.1) is 0 Å². The number of pyridine rings is 1. The first-order valence-corrected chi connectivity index (χ1v) is 7.56. The SMILES string of the molecule is CN(Cc1ccncc1)S(=O)(=O)Cc1ccccc1. The quantitative estimate of drug-likeness (QED) is 0.839. The lowest BCUT2D eigenvalue weighted by atomic mass is 10.2. The maximum absolute atomic E-state index is 12.2. The summed E-state index contributed by atoms with van der Waals surface area (Å²) in [6.07, 6.45) is 3.32. The molecule has 2 aromatic rings. The molecule has 0 bridgehead atoms. The fourth-order valence-corrected chi connectivity index (χ4v) is 2.92. The number of rotatable bonds is 5. The van der Waals surface area contributed by atoms with Gasteiger partial charge in [0, 0.05) is 26.0 Å². The highest BCUT2D eigenvalue weighted by Gasteiger charge is 2.18. The molecule has 0 unspecified atom stereocenters. The second-order valence-corrected chi connectivity index (χ2v) is 6.43. The molecule has 0 saturated heterocycles. The average molecular weight is 276 g/mol. The molecule has 0 fully saturated rings. The Kier molecular flexibility index (Phi) is 4.29. The third-order valence-electron chi connectivity index (χ3n) is 2.82. The molecule has 0 amide bonds. The zero-order chi connectivity index (χ0) is 13.7. The molecule has 5 heteroatoms. The zero-order valence-corrected chi connectivity index (χ0v) is 11.5. The molecule has 1 aromatic carbocycles. The summed E-state index contributed by atoms with van der Waals surface area (Å²) in [7, 11) is -1.70. The van der Waals surface area contributed by atoms with Gasteiger partial charge in [-0.25, -0.2) is 12.7 Å². The fourth-order valence-electron chi connectivity index (χ4n) is 1.74. The van der Waals surface area contributed by atoms with Gasteiger partial charge in [0.1, 0.15) is 0 Å². The van der Waals surface area contributed by atoms with Crippen molar-refractivity contribution < 1.29 is 8.42 Å². The molecule has 0 aliphatic rings. The van der Waals surface area contributed by atoms with Crippen LogP contribution in [0.15, 0.2) is 54.9 Å². The molecule has 2 rings (SSSR count). The van der Waals surface area contributed by atoms with Crippen LogP contribution >= 0.6 is 0 Å². The smallest absolute Gasteiger partial charge is 0.218 e. The molecule has 0 spiro atoms. The Morgan fingerprint density at radius 2 is 1.63 bits per heavy atom. The normalized spacial score (nSPS) is 11.7. The summed E-state index contributed by atoms with van der Waals surface area (Å²) in [4.78, 5) is 3.91. The average Bonchev–Trinajstić information content (AvgIpc) is 2.40. The molecule has 0 aliphatic carbocycles. The van der Waals surface area contributed by atoms with E-state index >= 15 is 0 Å². The molecule has 19 heavy (non-hydrogen) atoms. The molecule has 0 saturated carbocycles. The standard InChI is InChI=1S/C14H16N2O2S/c1-16(11-13-7-9-15-10-8-13)19(17,18)12-14-5-3-2-4-6-14/h2-10H,11-12H2,1H3. The summed E-state index contributed by atoms with van der Waals surface area (Å²) < 4.78 is 25.8. The molecule has 1 heterocycles. The molecular formula is C14H16N2O2S. The maximum Gasteiger partial charge on any atom is 0.218 e. The molecule has 0 aliphatic heterocycles. The van der Waals surface area contributed by atoms with Crippen LogP contribution in [-0.4, -0.2) is 24.8 Å². The number of nitrogens with zero attached hydrogens (tertiary/aromatic N) is 2. The van der Waals surface area contributed by atoms with Gasteiger partial charge in [-0.05, 0) is 23.3 Å². The van der Waals surface area contributed by atoms with Gasteiger partial charge >= 0.3 is 0 Å². The van der Waals surface area contributed by atoms with Gasteiger partial charge in [0.05, 0.1) is 5.75 Å². The number of aromatic nitrogens is 1. The predicted octanol–water partition coefficient (Wildman–Crippen LogP) is 2.04. The largest absolute Gasteiger partial charge is 0.265 e. The molecule has 0 radical (unpaired) electrons. The zero-order valence-electron chi connectivity index (χ0n) is 10.7. The number of sulfonamides is 1. The second-order valence-electron chi connectivity index (χ2n) is 4.35. The summed E-state index contributed by atoms with van der Waals surface area (Å²) in [6.45, 7) is 0.359. The maximum atomic E-state index is 12.2. The molecule has 100 valence electrons. The van der Waals surface area contributed by atoms with Crippen LogP contribution in [0.2, 0.25) is 0 Å². The second kappa shape index (κ2) is 5.95. The minimum atomic E-state index is -3.30. The van der Waals surface area contributed by atoms with Crippen LogP contribution < -0.4 is 0 Å². The van der Waals surface area contributed by atoms with Crippen molar-refractivity contribution in [2.24, 2.45) is 0 Å². The Morgan fingerprint density at radius 3 is 2.26 bits per heavy atom. The lowest BCUT2D eigenvalue weighted by Crippen LogP contribution is -2.27. The molecular weight excluding hydrogens is 260 g/mol. The van der Waals surface area contributed by atoms with Crippen LogP contribution in [0.5, 0.6) is 0 Å². The van der Waals surface area contributed by atoms with Gasteiger partial charge < -0.3 is 0 Å². The van der Waals surface area contributed by atoms with E-state index < -0.39 is 10.0 Å². The Morgan fingerprint density at radius 1 is 1.00 bits per heavy atom. The first-order chi connectivity index (χ1) is 9.08. The van der Waals surface area contributed by atoms with E-state index in [2.05, 4.69) is 4.98 Å². The van der Waals surface area contributed by atoms with Crippen molar-refractivity contribution >= 4 is 10.0 Å². The minimum absolute atomic E-state index is 0.0232. The Labute approximate surface area is 113 Å². The summed E-state index contributed by atoms with van der Waals surface area (Å²) in [5.74, 6) is 0.0232. The fraction of sp³-hybridized carbons (Fsp3) is 0.214. The van der Waals surface area contributed by atoms with Crippen molar-refractivity contribution in [1.82, 2.24) is 9.29 Å². The summed E-state index contributed by atoms with van der Waals surface area (Å²) >= 11 is 0. The Bertz CT molecular complexity index is 612. The van der Waals surface area contributed by atoms with Crippen LogP contribution in [0.3, 0.4) is 0 Å². The van der Waals surface area contributed by atoms with Gasteiger partial charge in [0.2, 0.25) is 10.0 Å². The van der Waals surface area contributed by atoms with Crippen molar-refractivity contribution in [1.29, 1.82) is 0 Å². The van der Waals surface area contributed by atoms with E-state index in [1.54, 1.807) is 19.4 Å². The van der Waals surface area contributed by atoms with Crippen molar-refractivity contribution in [2.45, 2.75) is 12.3 Å². The molecule has 4 nitrogen and oxygen atoms in total. The summed E-state index contributed by atoms with van der Waals surface area (Å²) in [5.41, 5.74) is 1.72. The van der Waals surface area contributed by atoms with E-state index in [1.807, 2.05) is 42.5 Å². The van der Waals surface area contributed by atoms with E-state index in [1.165, 1.54) is 4.31 Å². The first kappa shape index (κ1) is 13.7. The van der Waals surface area contributed by atoms with Gasteiger partial charge in [-0.2, -0.15) is 0 Å². The van der Waals surface area contributed by atoms with Gasteiger partial charge in [0.25, 0.3) is 0 Å². The van der Waals surface area contributed by atoms with Crippen molar-refractivity contribution in [3.8, 4) is 0 Å². The van der Waals surface area contributed by atoms with E-state index in [-0.39, 0.29) is 5.75 Å². The van der Waals surface area contributed by atoms with Gasteiger partial charge in [-0.3, -0.25) is 4.98 Å². The number of hydrogen-bond donors (Lipinski definition) is 0. The van der Waals surface area contributed by atoms with Crippen molar-refractivity contribution in [3.05, 3.63) is 66.0 Å². The highest BCUT2D eigenvalue weighted by Crippen LogP contribution is 2.12. The Hall–Kier alpha value is -1.72. The summed E-state index contributed by atoms with van der Waals surface area (Å²) in [6, 6.07) is 12.8. The monoisotopic (exact) mass is 276 g/mol. The lowest BCUT2D eigenvalue weighted by Gasteiger charge is -2.17. The third kappa shape index (κ3) is 3.87. The predicted molar refractivity (Wildman–Crippen MR) is 74.8 cm³/mol. The lowest BCUT2D eigenvalue weighted by molar-refractivity contribution is 0.465. The van der Waals surface area contributed by atoms with E-state index in [0.717, 1.165) is 11.1 Å². The van der Waals surface area contributed by atoms with Crippen LogP contribution in [0.1, 0.15) is 11.1 Å². The third-order valence-corrected chi connectivity index (χ3v) is 4.60. The van der Waals surface area contributed by atoms with E-state index in [4.69, 9.17) is 0 Å².